The predicted molar refractivity (Wildman–Crippen MR) is 85.4 cm³/mol. The predicted octanol–water partition coefficient (Wildman–Crippen LogP) is 4.26. The van der Waals surface area contributed by atoms with E-state index in [1.165, 1.54) is 0 Å². The number of aryl methyl sites for hydroxylation is 1. The van der Waals surface area contributed by atoms with Crippen LogP contribution in [0.4, 0.5) is 0 Å². The van der Waals surface area contributed by atoms with Crippen LogP contribution in [0.15, 0.2) is 34.8 Å². The van der Waals surface area contributed by atoms with Crippen molar-refractivity contribution >= 4 is 27.5 Å². The van der Waals surface area contributed by atoms with E-state index in [-0.39, 0.29) is 0 Å². The van der Waals surface area contributed by atoms with Gasteiger partial charge in [0.05, 0.1) is 5.02 Å². The maximum Gasteiger partial charge on any atom is 0.162 e. The van der Waals surface area contributed by atoms with Gasteiger partial charge < -0.3 is 14.6 Å². The Morgan fingerprint density at radius 1 is 1.10 bits per heavy atom. The molecule has 0 amide bonds. The summed E-state index contributed by atoms with van der Waals surface area (Å²) in [7, 11) is 0. The summed E-state index contributed by atoms with van der Waals surface area (Å²) >= 11 is 9.71. The van der Waals surface area contributed by atoms with Crippen LogP contribution < -0.4 is 9.47 Å². The molecule has 0 fully saturated rings. The Balaban J connectivity index is 2.03. The van der Waals surface area contributed by atoms with Gasteiger partial charge in [-0.25, -0.2) is 0 Å². The van der Waals surface area contributed by atoms with Gasteiger partial charge in [-0.3, -0.25) is 0 Å². The van der Waals surface area contributed by atoms with Gasteiger partial charge in [0.2, 0.25) is 0 Å². The normalized spacial score (nSPS) is 14.9. The molecule has 3 nitrogen and oxygen atoms in total. The van der Waals surface area contributed by atoms with Crippen LogP contribution in [-0.4, -0.2) is 18.3 Å². The van der Waals surface area contributed by atoms with Gasteiger partial charge in [-0.15, -0.1) is 0 Å². The Morgan fingerprint density at radius 2 is 1.76 bits per heavy atom. The third-order valence-corrected chi connectivity index (χ3v) is 4.30. The largest absolute Gasteiger partial charge is 0.486 e. The molecule has 0 aromatic heterocycles. The standard InChI is InChI=1S/C16H14BrClO3/c1-9-6-10(17)2-3-11(9)16(19)12-7-14-15(8-13(12)18)21-5-4-20-14/h2-3,6-8,16,19H,4-5H2,1H3. The van der Waals surface area contributed by atoms with Crippen molar-refractivity contribution in [1.82, 2.24) is 0 Å². The number of hydrogen-bond acceptors (Lipinski definition) is 3. The minimum Gasteiger partial charge on any atom is -0.486 e. The second-order valence-corrected chi connectivity index (χ2v) is 6.24. The third-order valence-electron chi connectivity index (χ3n) is 3.48. The molecule has 2 aromatic rings. The first-order valence-corrected chi connectivity index (χ1v) is 7.76. The number of aliphatic hydroxyl groups is 1. The minimum atomic E-state index is -0.804. The molecule has 21 heavy (non-hydrogen) atoms. The highest BCUT2D eigenvalue weighted by Gasteiger charge is 2.21. The van der Waals surface area contributed by atoms with Crippen molar-refractivity contribution in [3.8, 4) is 11.5 Å². The molecular weight excluding hydrogens is 356 g/mol. The van der Waals surface area contributed by atoms with Crippen LogP contribution in [0.25, 0.3) is 0 Å². The van der Waals surface area contributed by atoms with Crippen LogP contribution in [0, 0.1) is 6.92 Å². The summed E-state index contributed by atoms with van der Waals surface area (Å²) < 4.78 is 12.0. The lowest BCUT2D eigenvalue weighted by Gasteiger charge is -2.22. The molecule has 110 valence electrons. The van der Waals surface area contributed by atoms with E-state index in [1.807, 2.05) is 25.1 Å². The van der Waals surface area contributed by atoms with Gasteiger partial charge in [0.25, 0.3) is 0 Å². The Labute approximate surface area is 136 Å². The molecule has 5 heteroatoms. The molecule has 1 aliphatic rings. The Hall–Kier alpha value is -1.23. The van der Waals surface area contributed by atoms with E-state index in [1.54, 1.807) is 12.1 Å². The second-order valence-electron chi connectivity index (χ2n) is 4.92. The van der Waals surface area contributed by atoms with Crippen LogP contribution in [0.2, 0.25) is 5.02 Å². The van der Waals surface area contributed by atoms with Crippen molar-refractivity contribution < 1.29 is 14.6 Å². The SMILES string of the molecule is Cc1cc(Br)ccc1C(O)c1cc2c(cc1Cl)OCCO2. The van der Waals surface area contributed by atoms with E-state index in [4.69, 9.17) is 21.1 Å². The summed E-state index contributed by atoms with van der Waals surface area (Å²) in [4.78, 5) is 0. The fourth-order valence-electron chi connectivity index (χ4n) is 2.40. The molecule has 1 unspecified atom stereocenters. The number of rotatable bonds is 2. The lowest BCUT2D eigenvalue weighted by molar-refractivity contribution is 0.169. The molecule has 1 N–H and O–H groups in total. The van der Waals surface area contributed by atoms with E-state index in [0.29, 0.717) is 35.3 Å². The number of fused-ring (bicyclic) bond motifs is 1. The molecule has 0 spiro atoms. The van der Waals surface area contributed by atoms with Crippen molar-refractivity contribution in [2.24, 2.45) is 0 Å². The molecule has 2 aromatic carbocycles. The smallest absolute Gasteiger partial charge is 0.162 e. The monoisotopic (exact) mass is 368 g/mol. The zero-order valence-corrected chi connectivity index (χ0v) is 13.7. The summed E-state index contributed by atoms with van der Waals surface area (Å²) in [6.45, 7) is 2.97. The van der Waals surface area contributed by atoms with Gasteiger partial charge in [0.15, 0.2) is 11.5 Å². The van der Waals surface area contributed by atoms with Crippen molar-refractivity contribution in [3.05, 3.63) is 56.5 Å². The molecule has 0 saturated carbocycles. The first-order chi connectivity index (χ1) is 10.1. The molecule has 1 atom stereocenters. The highest BCUT2D eigenvalue weighted by molar-refractivity contribution is 9.10. The maximum atomic E-state index is 10.6. The van der Waals surface area contributed by atoms with Crippen LogP contribution in [-0.2, 0) is 0 Å². The van der Waals surface area contributed by atoms with Crippen molar-refractivity contribution in [3.63, 3.8) is 0 Å². The zero-order chi connectivity index (χ0) is 15.0. The molecule has 0 aliphatic carbocycles. The van der Waals surface area contributed by atoms with Crippen LogP contribution in [0.3, 0.4) is 0 Å². The fraction of sp³-hybridized carbons (Fsp3) is 0.250. The molecule has 0 saturated heterocycles. The average molecular weight is 370 g/mol. The minimum absolute atomic E-state index is 0.467. The third kappa shape index (κ3) is 2.89. The van der Waals surface area contributed by atoms with E-state index < -0.39 is 6.10 Å². The van der Waals surface area contributed by atoms with Gasteiger partial charge in [0.1, 0.15) is 19.3 Å². The first-order valence-electron chi connectivity index (χ1n) is 6.59. The number of halogens is 2. The summed E-state index contributed by atoms with van der Waals surface area (Å²) in [6.07, 6.45) is -0.804. The molecule has 1 heterocycles. The summed E-state index contributed by atoms with van der Waals surface area (Å²) in [6, 6.07) is 9.20. The van der Waals surface area contributed by atoms with Gasteiger partial charge in [-0.1, -0.05) is 33.6 Å². The van der Waals surface area contributed by atoms with Gasteiger partial charge in [0, 0.05) is 16.1 Å². The van der Waals surface area contributed by atoms with Gasteiger partial charge >= 0.3 is 0 Å². The maximum absolute atomic E-state index is 10.6. The number of hydrogen-bond donors (Lipinski definition) is 1. The van der Waals surface area contributed by atoms with Crippen LogP contribution >= 0.6 is 27.5 Å². The Bertz CT molecular complexity index is 687. The molecular formula is C16H14BrClO3. The Morgan fingerprint density at radius 3 is 2.43 bits per heavy atom. The lowest BCUT2D eigenvalue weighted by atomic mass is 9.97. The molecule has 3 rings (SSSR count). The number of ether oxygens (including phenoxy) is 2. The lowest BCUT2D eigenvalue weighted by Crippen LogP contribution is -2.16. The van der Waals surface area contributed by atoms with Crippen molar-refractivity contribution in [2.45, 2.75) is 13.0 Å². The Kier molecular flexibility index (Phi) is 4.11. The number of aliphatic hydroxyl groups excluding tert-OH is 1. The molecule has 0 radical (unpaired) electrons. The highest BCUT2D eigenvalue weighted by Crippen LogP contribution is 2.39. The van der Waals surface area contributed by atoms with E-state index in [2.05, 4.69) is 15.9 Å². The summed E-state index contributed by atoms with van der Waals surface area (Å²) in [5.41, 5.74) is 2.42. The van der Waals surface area contributed by atoms with Crippen LogP contribution in [0.5, 0.6) is 11.5 Å². The quantitative estimate of drug-likeness (QED) is 0.859. The summed E-state index contributed by atoms with van der Waals surface area (Å²) in [5.74, 6) is 1.24. The van der Waals surface area contributed by atoms with Crippen molar-refractivity contribution in [1.29, 1.82) is 0 Å². The van der Waals surface area contributed by atoms with E-state index in [9.17, 15) is 5.11 Å². The van der Waals surface area contributed by atoms with Crippen molar-refractivity contribution in [2.75, 3.05) is 13.2 Å². The topological polar surface area (TPSA) is 38.7 Å². The second kappa shape index (κ2) is 5.87. The van der Waals surface area contributed by atoms with Crippen LogP contribution in [0.1, 0.15) is 22.8 Å². The van der Waals surface area contributed by atoms with Gasteiger partial charge in [-0.2, -0.15) is 0 Å². The zero-order valence-electron chi connectivity index (χ0n) is 11.4. The number of benzene rings is 2. The van der Waals surface area contributed by atoms with Gasteiger partial charge in [-0.05, 0) is 36.2 Å². The van der Waals surface area contributed by atoms with E-state index in [0.717, 1.165) is 15.6 Å². The highest BCUT2D eigenvalue weighted by atomic mass is 79.9. The molecule has 0 bridgehead atoms. The summed E-state index contributed by atoms with van der Waals surface area (Å²) in [5, 5.41) is 11.1. The fourth-order valence-corrected chi connectivity index (χ4v) is 3.14. The molecule has 1 aliphatic heterocycles. The van der Waals surface area contributed by atoms with E-state index >= 15 is 0 Å². The average Bonchev–Trinajstić information content (AvgIpc) is 2.46. The first kappa shape index (κ1) is 14.7.